The first-order chi connectivity index (χ1) is 10.1. The van der Waals surface area contributed by atoms with Crippen molar-refractivity contribution in [2.45, 2.75) is 70.9 Å². The van der Waals surface area contributed by atoms with Gasteiger partial charge in [-0.05, 0) is 61.7 Å². The Morgan fingerprint density at radius 3 is 2.29 bits per heavy atom. The fourth-order valence-electron chi connectivity index (χ4n) is 5.94. The van der Waals surface area contributed by atoms with Gasteiger partial charge in [-0.15, -0.1) is 0 Å². The van der Waals surface area contributed by atoms with Crippen molar-refractivity contribution in [1.82, 2.24) is 9.55 Å². The van der Waals surface area contributed by atoms with Crippen molar-refractivity contribution < 1.29 is 5.11 Å². The Bertz CT molecular complexity index is 484. The van der Waals surface area contributed by atoms with Gasteiger partial charge in [0.15, 0.2) is 0 Å². The molecule has 4 aliphatic carbocycles. The Morgan fingerprint density at radius 1 is 1.19 bits per heavy atom. The van der Waals surface area contributed by atoms with Gasteiger partial charge in [0.2, 0.25) is 0 Å². The highest BCUT2D eigenvalue weighted by molar-refractivity contribution is 5.05. The van der Waals surface area contributed by atoms with Crippen LogP contribution in [0, 0.1) is 23.2 Å². The van der Waals surface area contributed by atoms with Gasteiger partial charge in [-0.25, -0.2) is 4.98 Å². The predicted molar refractivity (Wildman–Crippen MR) is 82.9 cm³/mol. The van der Waals surface area contributed by atoms with Crippen LogP contribution in [0.2, 0.25) is 0 Å². The van der Waals surface area contributed by atoms with Crippen molar-refractivity contribution in [3.63, 3.8) is 0 Å². The van der Waals surface area contributed by atoms with Crippen LogP contribution in [0.15, 0.2) is 12.4 Å². The monoisotopic (exact) mass is 288 g/mol. The van der Waals surface area contributed by atoms with E-state index in [4.69, 9.17) is 0 Å². The number of aliphatic hydroxyl groups excluding tert-OH is 1. The zero-order chi connectivity index (χ0) is 14.6. The fourth-order valence-corrected chi connectivity index (χ4v) is 5.94. The molecule has 4 saturated carbocycles. The van der Waals surface area contributed by atoms with Crippen molar-refractivity contribution in [2.75, 3.05) is 0 Å². The molecule has 4 aliphatic rings. The van der Waals surface area contributed by atoms with Crippen LogP contribution in [0.25, 0.3) is 0 Å². The summed E-state index contributed by atoms with van der Waals surface area (Å²) in [7, 11) is 0. The fraction of sp³-hybridized carbons (Fsp3) is 0.833. The molecule has 1 aromatic heterocycles. The zero-order valence-electron chi connectivity index (χ0n) is 13.3. The normalized spacial score (nSPS) is 39.1. The number of nitrogens with zero attached hydrogens (tertiary/aromatic N) is 2. The average molecular weight is 288 g/mol. The molecule has 0 aromatic carbocycles. The van der Waals surface area contributed by atoms with Crippen molar-refractivity contribution in [3.8, 4) is 0 Å². The quantitative estimate of drug-likeness (QED) is 0.919. The van der Waals surface area contributed by atoms with E-state index in [0.717, 1.165) is 30.1 Å². The highest BCUT2D eigenvalue weighted by Gasteiger charge is 2.53. The summed E-state index contributed by atoms with van der Waals surface area (Å²) in [5, 5.41) is 11.0. The lowest BCUT2D eigenvalue weighted by Gasteiger charge is -2.58. The van der Waals surface area contributed by atoms with E-state index in [0.29, 0.717) is 5.92 Å². The Morgan fingerprint density at radius 2 is 1.76 bits per heavy atom. The molecule has 0 aliphatic heterocycles. The number of aromatic nitrogens is 2. The van der Waals surface area contributed by atoms with Crippen molar-refractivity contribution in [1.29, 1.82) is 0 Å². The molecular formula is C18H28N2O. The summed E-state index contributed by atoms with van der Waals surface area (Å²) in [6, 6.07) is 0. The zero-order valence-corrected chi connectivity index (χ0v) is 13.3. The van der Waals surface area contributed by atoms with Crippen molar-refractivity contribution in [3.05, 3.63) is 18.2 Å². The van der Waals surface area contributed by atoms with Crippen LogP contribution in [-0.4, -0.2) is 20.8 Å². The molecule has 0 radical (unpaired) electrons. The third-order valence-electron chi connectivity index (χ3n) is 6.43. The molecule has 0 spiro atoms. The summed E-state index contributed by atoms with van der Waals surface area (Å²) in [6.45, 7) is 5.09. The van der Waals surface area contributed by atoms with Crippen molar-refractivity contribution in [2.24, 2.45) is 23.2 Å². The molecule has 1 unspecified atom stereocenters. The van der Waals surface area contributed by atoms with E-state index in [2.05, 4.69) is 23.4 Å². The molecule has 4 fully saturated rings. The average Bonchev–Trinajstić information content (AvgIpc) is 2.85. The van der Waals surface area contributed by atoms with Crippen LogP contribution in [-0.2, 0) is 6.54 Å². The Balaban J connectivity index is 1.54. The Hall–Kier alpha value is -0.830. The van der Waals surface area contributed by atoms with E-state index in [1.807, 2.05) is 12.4 Å². The minimum Gasteiger partial charge on any atom is -0.391 e. The third kappa shape index (κ3) is 2.25. The molecule has 116 valence electrons. The Labute approximate surface area is 127 Å². The maximum atomic E-state index is 11.0. The smallest absolute Gasteiger partial charge is 0.111 e. The summed E-state index contributed by atoms with van der Waals surface area (Å²) in [6.07, 6.45) is 11.8. The van der Waals surface area contributed by atoms with E-state index in [-0.39, 0.29) is 11.5 Å². The molecule has 1 atom stereocenters. The van der Waals surface area contributed by atoms with E-state index in [9.17, 15) is 5.11 Å². The van der Waals surface area contributed by atoms with E-state index < -0.39 is 0 Å². The highest BCUT2D eigenvalue weighted by Crippen LogP contribution is 2.61. The largest absolute Gasteiger partial charge is 0.391 e. The van der Waals surface area contributed by atoms with Gasteiger partial charge in [0.25, 0.3) is 0 Å². The van der Waals surface area contributed by atoms with E-state index >= 15 is 0 Å². The molecule has 4 bridgehead atoms. The van der Waals surface area contributed by atoms with E-state index in [1.165, 1.54) is 38.5 Å². The van der Waals surface area contributed by atoms with Crippen LogP contribution >= 0.6 is 0 Å². The lowest BCUT2D eigenvalue weighted by Crippen LogP contribution is -2.52. The van der Waals surface area contributed by atoms with Crippen LogP contribution in [0.1, 0.15) is 64.1 Å². The van der Waals surface area contributed by atoms with Gasteiger partial charge in [-0.1, -0.05) is 13.8 Å². The molecule has 1 heterocycles. The van der Waals surface area contributed by atoms with Gasteiger partial charge < -0.3 is 9.67 Å². The number of hydrogen-bond acceptors (Lipinski definition) is 2. The van der Waals surface area contributed by atoms with Crippen LogP contribution in [0.5, 0.6) is 0 Å². The van der Waals surface area contributed by atoms with Crippen LogP contribution in [0.4, 0.5) is 0 Å². The third-order valence-corrected chi connectivity index (χ3v) is 6.43. The number of aliphatic hydroxyl groups is 1. The maximum absolute atomic E-state index is 11.0. The second-order valence-electron chi connectivity index (χ2n) is 8.39. The predicted octanol–water partition coefficient (Wildman–Crippen LogP) is 3.58. The topological polar surface area (TPSA) is 38.0 Å². The van der Waals surface area contributed by atoms with Gasteiger partial charge in [-0.2, -0.15) is 0 Å². The number of rotatable bonds is 4. The van der Waals surface area contributed by atoms with Gasteiger partial charge in [0.1, 0.15) is 5.82 Å². The second kappa shape index (κ2) is 4.84. The summed E-state index contributed by atoms with van der Waals surface area (Å²) >= 11 is 0. The second-order valence-corrected chi connectivity index (χ2v) is 8.39. The minimum atomic E-state index is -0.197. The minimum absolute atomic E-state index is 0.197. The molecule has 5 rings (SSSR count). The van der Waals surface area contributed by atoms with Crippen LogP contribution < -0.4 is 0 Å². The van der Waals surface area contributed by atoms with Crippen LogP contribution in [0.3, 0.4) is 0 Å². The van der Waals surface area contributed by atoms with Gasteiger partial charge in [-0.3, -0.25) is 0 Å². The first kappa shape index (κ1) is 13.8. The molecule has 3 heteroatoms. The number of imidazole rings is 1. The molecule has 1 aromatic rings. The SMILES string of the molecule is CC(C)c1nccn1CC(O)C12CC3CC(CC(C3)C1)C2. The maximum Gasteiger partial charge on any atom is 0.111 e. The lowest BCUT2D eigenvalue weighted by atomic mass is 9.48. The molecule has 3 nitrogen and oxygen atoms in total. The Kier molecular flexibility index (Phi) is 3.18. The molecule has 0 saturated heterocycles. The van der Waals surface area contributed by atoms with Gasteiger partial charge in [0.05, 0.1) is 12.6 Å². The summed E-state index contributed by atoms with van der Waals surface area (Å²) in [4.78, 5) is 4.47. The first-order valence-corrected chi connectivity index (χ1v) is 8.75. The summed E-state index contributed by atoms with van der Waals surface area (Å²) < 4.78 is 2.19. The van der Waals surface area contributed by atoms with Crippen molar-refractivity contribution >= 4 is 0 Å². The van der Waals surface area contributed by atoms with E-state index in [1.54, 1.807) is 0 Å². The first-order valence-electron chi connectivity index (χ1n) is 8.75. The molecule has 0 amide bonds. The summed E-state index contributed by atoms with van der Waals surface area (Å²) in [5.74, 6) is 4.23. The highest BCUT2D eigenvalue weighted by atomic mass is 16.3. The molecular weight excluding hydrogens is 260 g/mol. The standard InChI is InChI=1S/C18H28N2O/c1-12(2)17-19-3-4-20(17)11-16(21)18-8-13-5-14(9-18)7-15(6-13)10-18/h3-4,12-16,21H,5-11H2,1-2H3. The van der Waals surface area contributed by atoms with Gasteiger partial charge in [0, 0.05) is 18.3 Å². The summed E-state index contributed by atoms with van der Waals surface area (Å²) in [5.41, 5.74) is 0.216. The lowest BCUT2D eigenvalue weighted by molar-refractivity contribution is -0.124. The number of hydrogen-bond donors (Lipinski definition) is 1. The molecule has 1 N–H and O–H groups in total. The van der Waals surface area contributed by atoms with Gasteiger partial charge >= 0.3 is 0 Å². The molecule has 21 heavy (non-hydrogen) atoms.